The first-order valence-electron chi connectivity index (χ1n) is 10.7. The van der Waals surface area contributed by atoms with Gasteiger partial charge in [0.2, 0.25) is 0 Å². The second kappa shape index (κ2) is 12.0. The van der Waals surface area contributed by atoms with E-state index in [0.29, 0.717) is 24.3 Å². The maximum atomic E-state index is 5.99. The van der Waals surface area contributed by atoms with Crippen LogP contribution in [0.25, 0.3) is 0 Å². The zero-order chi connectivity index (χ0) is 19.1. The van der Waals surface area contributed by atoms with Gasteiger partial charge in [-0.05, 0) is 51.3 Å². The molecule has 2 heterocycles. The van der Waals surface area contributed by atoms with E-state index in [1.54, 1.807) is 0 Å². The molecule has 0 spiro atoms. The van der Waals surface area contributed by atoms with E-state index in [1.165, 1.54) is 18.4 Å². The number of guanidine groups is 1. The van der Waals surface area contributed by atoms with Crippen LogP contribution in [-0.2, 0) is 11.2 Å². The number of ether oxygens (including phenoxy) is 1. The van der Waals surface area contributed by atoms with E-state index in [-0.39, 0.29) is 24.0 Å². The van der Waals surface area contributed by atoms with Crippen LogP contribution in [0.5, 0.6) is 0 Å². The molecule has 4 atom stereocenters. The summed E-state index contributed by atoms with van der Waals surface area (Å²) in [6, 6.07) is 11.6. The van der Waals surface area contributed by atoms with Gasteiger partial charge < -0.3 is 15.4 Å². The maximum absolute atomic E-state index is 5.99. The Morgan fingerprint density at radius 2 is 1.93 bits per heavy atom. The molecule has 1 aromatic carbocycles. The number of rotatable bonds is 9. The van der Waals surface area contributed by atoms with E-state index in [0.717, 1.165) is 45.0 Å². The van der Waals surface area contributed by atoms with Crippen molar-refractivity contribution in [2.45, 2.75) is 70.7 Å². The smallest absolute Gasteiger partial charge is 0.191 e. The normalized spacial score (nSPS) is 24.9. The molecule has 6 heteroatoms. The number of likely N-dealkylation sites (N-methyl/N-ethyl adjacent to an activating group) is 1. The summed E-state index contributed by atoms with van der Waals surface area (Å²) in [5.74, 6) is 0.934. The minimum Gasteiger partial charge on any atom is -0.373 e. The fourth-order valence-corrected chi connectivity index (χ4v) is 4.42. The Morgan fingerprint density at radius 1 is 1.18 bits per heavy atom. The van der Waals surface area contributed by atoms with Crippen LogP contribution in [0.1, 0.15) is 45.6 Å². The molecule has 2 N–H and O–H groups in total. The molecule has 2 saturated heterocycles. The SMILES string of the molecule is CCNC(=NCC(Cc1ccccc1)N(CC)CC)NC1CC2CCC1O2.I. The molecule has 1 aromatic rings. The molecule has 2 aliphatic heterocycles. The molecule has 158 valence electrons. The Labute approximate surface area is 187 Å². The van der Waals surface area contributed by atoms with E-state index >= 15 is 0 Å². The highest BCUT2D eigenvalue weighted by Crippen LogP contribution is 2.34. The number of hydrogen-bond acceptors (Lipinski definition) is 3. The molecule has 28 heavy (non-hydrogen) atoms. The molecule has 4 unspecified atom stereocenters. The zero-order valence-electron chi connectivity index (χ0n) is 17.6. The number of halogens is 1. The van der Waals surface area contributed by atoms with Crippen molar-refractivity contribution in [3.05, 3.63) is 35.9 Å². The van der Waals surface area contributed by atoms with E-state index in [9.17, 15) is 0 Å². The summed E-state index contributed by atoms with van der Waals surface area (Å²) >= 11 is 0. The Morgan fingerprint density at radius 3 is 2.50 bits per heavy atom. The van der Waals surface area contributed by atoms with E-state index in [1.807, 2.05) is 0 Å². The Bertz CT molecular complexity index is 593. The van der Waals surface area contributed by atoms with Crippen molar-refractivity contribution in [1.29, 1.82) is 0 Å². The van der Waals surface area contributed by atoms with Crippen molar-refractivity contribution in [3.8, 4) is 0 Å². The van der Waals surface area contributed by atoms with Crippen molar-refractivity contribution in [2.24, 2.45) is 4.99 Å². The minimum atomic E-state index is 0. The van der Waals surface area contributed by atoms with Crippen LogP contribution in [0.3, 0.4) is 0 Å². The van der Waals surface area contributed by atoms with Crippen molar-refractivity contribution >= 4 is 29.9 Å². The van der Waals surface area contributed by atoms with E-state index < -0.39 is 0 Å². The maximum Gasteiger partial charge on any atom is 0.191 e. The Kier molecular flexibility index (Phi) is 10.0. The van der Waals surface area contributed by atoms with Gasteiger partial charge in [-0.25, -0.2) is 0 Å². The van der Waals surface area contributed by atoms with Gasteiger partial charge in [0.05, 0.1) is 24.8 Å². The molecule has 3 rings (SSSR count). The predicted octanol–water partition coefficient (Wildman–Crippen LogP) is 3.43. The van der Waals surface area contributed by atoms with Crippen molar-refractivity contribution in [2.75, 3.05) is 26.2 Å². The molecule has 0 aliphatic carbocycles. The first kappa shape index (κ1) is 23.4. The summed E-state index contributed by atoms with van der Waals surface area (Å²) in [7, 11) is 0. The van der Waals surface area contributed by atoms with Crippen LogP contribution in [-0.4, -0.2) is 61.3 Å². The van der Waals surface area contributed by atoms with Crippen LogP contribution in [0.2, 0.25) is 0 Å². The van der Waals surface area contributed by atoms with Crippen molar-refractivity contribution in [3.63, 3.8) is 0 Å². The van der Waals surface area contributed by atoms with E-state index in [2.05, 4.69) is 66.6 Å². The lowest BCUT2D eigenvalue weighted by Gasteiger charge is -2.29. The monoisotopic (exact) mass is 500 g/mol. The standard InChI is InChI=1S/C22H36N4O.HI/c1-4-23-22(25-20-15-19-12-13-21(20)27-19)24-16-18(26(5-2)6-3)14-17-10-8-7-9-11-17;/h7-11,18-21H,4-6,12-16H2,1-3H3,(H2,23,24,25);1H. The van der Waals surface area contributed by atoms with Gasteiger partial charge in [0.15, 0.2) is 5.96 Å². The third-order valence-corrected chi connectivity index (χ3v) is 5.88. The topological polar surface area (TPSA) is 48.9 Å². The molecule has 0 aromatic heterocycles. The number of benzene rings is 1. The van der Waals surface area contributed by atoms with Crippen molar-refractivity contribution in [1.82, 2.24) is 15.5 Å². The third-order valence-electron chi connectivity index (χ3n) is 5.88. The first-order chi connectivity index (χ1) is 13.2. The van der Waals surface area contributed by atoms with Crippen molar-refractivity contribution < 1.29 is 4.74 Å². The summed E-state index contributed by atoms with van der Waals surface area (Å²) in [6.07, 6.45) is 5.36. The number of nitrogens with one attached hydrogen (secondary N) is 2. The lowest BCUT2D eigenvalue weighted by atomic mass is 9.96. The number of aliphatic imine (C=N–C) groups is 1. The predicted molar refractivity (Wildman–Crippen MR) is 128 cm³/mol. The van der Waals surface area contributed by atoms with Crippen LogP contribution >= 0.6 is 24.0 Å². The molecule has 5 nitrogen and oxygen atoms in total. The van der Waals surface area contributed by atoms with E-state index in [4.69, 9.17) is 9.73 Å². The molecular formula is C22H37IN4O. The molecule has 0 saturated carbocycles. The van der Waals surface area contributed by atoms with Crippen LogP contribution in [0.4, 0.5) is 0 Å². The second-order valence-electron chi connectivity index (χ2n) is 7.64. The fraction of sp³-hybridized carbons (Fsp3) is 0.682. The van der Waals surface area contributed by atoms with Gasteiger partial charge in [0, 0.05) is 12.6 Å². The van der Waals surface area contributed by atoms with Gasteiger partial charge in [0.25, 0.3) is 0 Å². The summed E-state index contributed by atoms with van der Waals surface area (Å²) < 4.78 is 5.99. The summed E-state index contributed by atoms with van der Waals surface area (Å²) in [5, 5.41) is 7.07. The largest absolute Gasteiger partial charge is 0.373 e. The molecule has 2 bridgehead atoms. The fourth-order valence-electron chi connectivity index (χ4n) is 4.42. The summed E-state index contributed by atoms with van der Waals surface area (Å²) in [6.45, 7) is 10.4. The minimum absolute atomic E-state index is 0. The van der Waals surface area contributed by atoms with Gasteiger partial charge in [-0.2, -0.15) is 0 Å². The average molecular weight is 500 g/mol. The summed E-state index contributed by atoms with van der Waals surface area (Å²) in [4.78, 5) is 7.49. The lowest BCUT2D eigenvalue weighted by molar-refractivity contribution is 0.0992. The highest BCUT2D eigenvalue weighted by Gasteiger charge is 2.41. The quantitative estimate of drug-likeness (QED) is 0.310. The number of fused-ring (bicyclic) bond motifs is 2. The zero-order valence-corrected chi connectivity index (χ0v) is 19.9. The molecule has 0 radical (unpaired) electrons. The molecule has 2 aliphatic rings. The van der Waals surface area contributed by atoms with Crippen LogP contribution in [0.15, 0.2) is 35.3 Å². The van der Waals surface area contributed by atoms with Gasteiger partial charge >= 0.3 is 0 Å². The highest BCUT2D eigenvalue weighted by molar-refractivity contribution is 14.0. The second-order valence-corrected chi connectivity index (χ2v) is 7.64. The third kappa shape index (κ3) is 6.32. The Balaban J connectivity index is 0.00000280. The van der Waals surface area contributed by atoms with Crippen LogP contribution < -0.4 is 10.6 Å². The highest BCUT2D eigenvalue weighted by atomic mass is 127. The number of hydrogen-bond donors (Lipinski definition) is 2. The average Bonchev–Trinajstić information content (AvgIpc) is 3.31. The molecule has 0 amide bonds. The van der Waals surface area contributed by atoms with Crippen LogP contribution in [0, 0.1) is 0 Å². The van der Waals surface area contributed by atoms with Gasteiger partial charge in [0.1, 0.15) is 0 Å². The summed E-state index contributed by atoms with van der Waals surface area (Å²) in [5.41, 5.74) is 1.38. The lowest BCUT2D eigenvalue weighted by Crippen LogP contribution is -2.48. The molecular weight excluding hydrogens is 463 g/mol. The van der Waals surface area contributed by atoms with Gasteiger partial charge in [-0.3, -0.25) is 9.89 Å². The van der Waals surface area contributed by atoms with Gasteiger partial charge in [-0.15, -0.1) is 24.0 Å². The molecule has 2 fully saturated rings. The first-order valence-corrected chi connectivity index (χ1v) is 10.7. The van der Waals surface area contributed by atoms with Gasteiger partial charge in [-0.1, -0.05) is 44.2 Å². The number of nitrogens with zero attached hydrogens (tertiary/aromatic N) is 2. The Hall–Kier alpha value is -0.860.